The molecule has 0 aromatic heterocycles. The molecule has 10 aromatic rings. The molecule has 2 heterocycles. The Morgan fingerprint density at radius 1 is 0.266 bits per heavy atom. The predicted molar refractivity (Wildman–Crippen MR) is 341 cm³/mol. The number of nitrogens with zero attached hydrogens (tertiary/aromatic N) is 1. The van der Waals surface area contributed by atoms with Gasteiger partial charge in [0.05, 0.1) is 5.69 Å². The number of benzene rings is 10. The summed E-state index contributed by atoms with van der Waals surface area (Å²) >= 11 is 0. The molecule has 6 aliphatic rings. The van der Waals surface area contributed by atoms with Crippen molar-refractivity contribution < 1.29 is 0 Å². The molecule has 0 spiro atoms. The Kier molecular flexibility index (Phi) is 9.13. The van der Waals surface area contributed by atoms with E-state index < -0.39 is 16.1 Å². The topological polar surface area (TPSA) is 3.24 Å². The predicted octanol–water partition coefficient (Wildman–Crippen LogP) is 17.7. The van der Waals surface area contributed by atoms with Crippen molar-refractivity contribution in [2.45, 2.75) is 103 Å². The van der Waals surface area contributed by atoms with Crippen molar-refractivity contribution in [2.24, 2.45) is 0 Å². The summed E-state index contributed by atoms with van der Waals surface area (Å²) in [6.45, 7) is 29.9. The van der Waals surface area contributed by atoms with Gasteiger partial charge in [0, 0.05) is 38.6 Å². The van der Waals surface area contributed by atoms with Crippen LogP contribution in [0.5, 0.6) is 0 Å². The largest absolute Gasteiger partial charge is 0.310 e. The van der Waals surface area contributed by atoms with E-state index in [-0.39, 0.29) is 21.7 Å². The lowest BCUT2D eigenvalue weighted by atomic mass is 9.79. The fourth-order valence-electron chi connectivity index (χ4n) is 16.7. The second kappa shape index (κ2) is 15.2. The highest BCUT2D eigenvalue weighted by Crippen LogP contribution is 2.61. The molecule has 0 saturated carbocycles. The van der Waals surface area contributed by atoms with Gasteiger partial charge in [-0.05, 0) is 192 Å². The molecule has 4 aliphatic carbocycles. The summed E-state index contributed by atoms with van der Waals surface area (Å²) in [6, 6.07) is 73.9. The Hall–Kier alpha value is -7.57. The molecule has 1 nitrogen and oxygen atoms in total. The molecule has 0 N–H and O–H groups in total. The van der Waals surface area contributed by atoms with Crippen LogP contribution in [0.1, 0.15) is 99.9 Å². The molecule has 16 rings (SSSR count). The van der Waals surface area contributed by atoms with Crippen molar-refractivity contribution >= 4 is 54.0 Å². The lowest BCUT2D eigenvalue weighted by molar-refractivity contribution is 0.652. The first-order chi connectivity index (χ1) is 37.7. The summed E-state index contributed by atoms with van der Waals surface area (Å²) < 4.78 is 0. The van der Waals surface area contributed by atoms with Crippen LogP contribution in [0.3, 0.4) is 0 Å². The number of hydrogen-bond donors (Lipinski definition) is 0. The summed E-state index contributed by atoms with van der Waals surface area (Å²) in [5, 5.41) is 6.30. The minimum absolute atomic E-state index is 0.130. The first kappa shape index (κ1) is 47.4. The lowest BCUT2D eigenvalue weighted by Crippen LogP contribution is -2.49. The van der Waals surface area contributed by atoms with Crippen LogP contribution in [0.25, 0.3) is 77.9 Å². The molecule has 384 valence electrons. The van der Waals surface area contributed by atoms with Crippen LogP contribution in [0.15, 0.2) is 188 Å². The standard InChI is InChI=1S/C76H67NSi2/c1-73(2)56-34-36-67-71(50-25-17-20-28-65(50)78(67,9)10)69(56)54-42-60-52(40-62(54)73)48-32-30-45(38-58(48)75(60,5)6)77(64-27-19-16-24-47(64)44-22-14-13-15-23-44)46-31-33-49-53-41-63-55(43-61(53)76(7,8)59(49)39-46)70-57(74(63,3)4)35-37-68-72(70)51-26-18-21-29-66(51)79(68,11)12/h13-43H,1-12H3. The fraction of sp³-hybridized carbons (Fsp3) is 0.211. The van der Waals surface area contributed by atoms with E-state index in [1.54, 1.807) is 20.7 Å². The zero-order valence-corrected chi connectivity index (χ0v) is 49.8. The molecule has 3 heteroatoms. The van der Waals surface area contributed by atoms with Crippen molar-refractivity contribution in [1.29, 1.82) is 0 Å². The van der Waals surface area contributed by atoms with Crippen molar-refractivity contribution in [3.63, 3.8) is 0 Å². The number of rotatable bonds is 4. The van der Waals surface area contributed by atoms with E-state index >= 15 is 0 Å². The Morgan fingerprint density at radius 2 is 0.633 bits per heavy atom. The highest BCUT2D eigenvalue weighted by atomic mass is 28.3. The van der Waals surface area contributed by atoms with Gasteiger partial charge in [0.2, 0.25) is 0 Å². The van der Waals surface area contributed by atoms with E-state index in [1.165, 1.54) is 139 Å². The van der Waals surface area contributed by atoms with E-state index in [9.17, 15) is 0 Å². The monoisotopic (exact) mass is 1050 g/mol. The number of anilines is 3. The van der Waals surface area contributed by atoms with Gasteiger partial charge in [-0.25, -0.2) is 0 Å². The Labute approximate surface area is 469 Å². The molecular formula is C76H67NSi2. The maximum absolute atomic E-state index is 2.63. The van der Waals surface area contributed by atoms with Crippen LogP contribution in [0.4, 0.5) is 17.1 Å². The van der Waals surface area contributed by atoms with Crippen LogP contribution < -0.4 is 25.6 Å². The summed E-state index contributed by atoms with van der Waals surface area (Å²) in [7, 11) is -3.73. The molecule has 2 aliphatic heterocycles. The second-order valence-corrected chi connectivity index (χ2v) is 35.9. The van der Waals surface area contributed by atoms with Crippen molar-refractivity contribution in [3.8, 4) is 77.9 Å². The van der Waals surface area contributed by atoms with Gasteiger partial charge in [0.25, 0.3) is 0 Å². The molecule has 0 amide bonds. The molecule has 0 saturated heterocycles. The van der Waals surface area contributed by atoms with Crippen LogP contribution in [-0.2, 0) is 21.7 Å². The van der Waals surface area contributed by atoms with Gasteiger partial charge in [-0.3, -0.25) is 0 Å². The number of para-hydroxylation sites is 1. The number of hydrogen-bond acceptors (Lipinski definition) is 1. The highest BCUT2D eigenvalue weighted by molar-refractivity contribution is 7.04. The zero-order chi connectivity index (χ0) is 54.2. The van der Waals surface area contributed by atoms with E-state index in [1.807, 2.05) is 0 Å². The molecule has 0 fully saturated rings. The van der Waals surface area contributed by atoms with Gasteiger partial charge in [-0.15, -0.1) is 0 Å². The van der Waals surface area contributed by atoms with Crippen LogP contribution >= 0.6 is 0 Å². The lowest BCUT2D eigenvalue weighted by Gasteiger charge is -2.31. The van der Waals surface area contributed by atoms with Crippen molar-refractivity contribution in [1.82, 2.24) is 0 Å². The van der Waals surface area contributed by atoms with Crippen LogP contribution in [-0.4, -0.2) is 16.1 Å². The van der Waals surface area contributed by atoms with Crippen molar-refractivity contribution in [3.05, 3.63) is 233 Å². The van der Waals surface area contributed by atoms with Gasteiger partial charge in [0.1, 0.15) is 16.1 Å². The minimum atomic E-state index is -1.86. The van der Waals surface area contributed by atoms with E-state index in [4.69, 9.17) is 0 Å². The SMILES string of the molecule is CC1(C)c2cc(N(c3ccc4c(c3)C(C)(C)c3cc5c(cc3-4)C(C)(C)c3ccc4c(c3-5)-c3ccccc3[Si]4(C)C)c3ccccc3-c3ccccc3)ccc2-c2cc3c(cc21)-c1c(ccc2c1-c1ccccc1[Si]2(C)C)C3(C)C. The third-order valence-corrected chi connectivity index (χ3v) is 28.2. The Morgan fingerprint density at radius 3 is 1.10 bits per heavy atom. The van der Waals surface area contributed by atoms with E-state index in [0.29, 0.717) is 0 Å². The Bertz CT molecular complexity index is 4180. The average Bonchev–Trinajstić information content (AvgIpc) is 3.23. The molecule has 0 radical (unpaired) electrons. The minimum Gasteiger partial charge on any atom is -0.310 e. The number of fused-ring (bicyclic) bond motifs is 20. The van der Waals surface area contributed by atoms with Gasteiger partial charge in [0.15, 0.2) is 0 Å². The summed E-state index contributed by atoms with van der Waals surface area (Å²) in [6.07, 6.45) is 0. The van der Waals surface area contributed by atoms with Gasteiger partial charge in [-0.2, -0.15) is 0 Å². The first-order valence-electron chi connectivity index (χ1n) is 28.9. The van der Waals surface area contributed by atoms with E-state index in [2.05, 4.69) is 275 Å². The summed E-state index contributed by atoms with van der Waals surface area (Å²) in [4.78, 5) is 2.57. The third-order valence-electron chi connectivity index (χ3n) is 21.1. The first-order valence-corrected chi connectivity index (χ1v) is 34.9. The zero-order valence-electron chi connectivity index (χ0n) is 47.8. The highest BCUT2D eigenvalue weighted by Gasteiger charge is 2.49. The summed E-state index contributed by atoms with van der Waals surface area (Å²) in [5.41, 5.74) is 33.8. The smallest absolute Gasteiger partial charge is 0.113 e. The second-order valence-electron chi connectivity index (χ2n) is 27.2. The average molecular weight is 1050 g/mol. The van der Waals surface area contributed by atoms with E-state index in [0.717, 1.165) is 0 Å². The van der Waals surface area contributed by atoms with Gasteiger partial charge in [-0.1, -0.05) is 215 Å². The van der Waals surface area contributed by atoms with Crippen LogP contribution in [0, 0.1) is 0 Å². The fourth-order valence-corrected chi connectivity index (χ4v) is 22.8. The third kappa shape index (κ3) is 5.85. The molecular weight excluding hydrogens is 983 g/mol. The normalized spacial score (nSPS) is 17.7. The Balaban J connectivity index is 0.850. The molecule has 0 unspecified atom stereocenters. The van der Waals surface area contributed by atoms with Gasteiger partial charge < -0.3 is 4.90 Å². The maximum atomic E-state index is 2.63. The quantitative estimate of drug-likeness (QED) is 0.159. The molecule has 10 aromatic carbocycles. The van der Waals surface area contributed by atoms with Crippen molar-refractivity contribution in [2.75, 3.05) is 4.90 Å². The molecule has 0 bridgehead atoms. The van der Waals surface area contributed by atoms with Gasteiger partial charge >= 0.3 is 0 Å². The van der Waals surface area contributed by atoms with Crippen LogP contribution in [0.2, 0.25) is 26.2 Å². The molecule has 0 atom stereocenters. The molecule has 79 heavy (non-hydrogen) atoms. The maximum Gasteiger partial charge on any atom is 0.113 e. The summed E-state index contributed by atoms with van der Waals surface area (Å²) in [5.74, 6) is 0.